The summed E-state index contributed by atoms with van der Waals surface area (Å²) < 4.78 is 2.13. The van der Waals surface area contributed by atoms with Crippen molar-refractivity contribution in [3.8, 4) is 11.4 Å². The first-order valence-electron chi connectivity index (χ1n) is 9.59. The van der Waals surface area contributed by atoms with Crippen LogP contribution >= 0.6 is 0 Å². The number of nitrogens with zero attached hydrogens (tertiary/aromatic N) is 3. The molecule has 1 aromatic carbocycles. The average Bonchev–Trinajstić information content (AvgIpc) is 3.12. The zero-order valence-electron chi connectivity index (χ0n) is 14.7. The molecular weight excluding hydrogens is 312 g/mol. The number of amides is 1. The van der Waals surface area contributed by atoms with Gasteiger partial charge in [0.05, 0.1) is 5.92 Å². The molecule has 5 heteroatoms. The van der Waals surface area contributed by atoms with Gasteiger partial charge in [0.1, 0.15) is 5.82 Å². The summed E-state index contributed by atoms with van der Waals surface area (Å²) in [7, 11) is 0. The number of nitrogens with one attached hydrogen (secondary N) is 1. The van der Waals surface area contributed by atoms with Gasteiger partial charge in [-0.05, 0) is 31.6 Å². The van der Waals surface area contributed by atoms with Crippen LogP contribution in [0.4, 0.5) is 0 Å². The smallest absolute Gasteiger partial charge is 0.230 e. The fourth-order valence-corrected chi connectivity index (χ4v) is 4.18. The van der Waals surface area contributed by atoms with Gasteiger partial charge in [-0.15, -0.1) is 10.2 Å². The standard InChI is InChI=1S/C20H26N4O/c25-20(21-14-15-8-3-1-4-9-15)17-12-7-13-24-18(22-23-19(17)24)16-10-5-2-6-11-16/h2,5-6,10-11,15,17H,1,3-4,7-9,12-14H2,(H,21,25). The molecule has 4 rings (SSSR count). The minimum Gasteiger partial charge on any atom is -0.355 e. The second-order valence-electron chi connectivity index (χ2n) is 7.34. The Balaban J connectivity index is 1.48. The molecule has 1 aliphatic carbocycles. The first-order chi connectivity index (χ1) is 12.3. The summed E-state index contributed by atoms with van der Waals surface area (Å²) in [5.74, 6) is 2.31. The Bertz CT molecular complexity index is 719. The number of fused-ring (bicyclic) bond motifs is 1. The average molecular weight is 338 g/mol. The zero-order chi connectivity index (χ0) is 17.1. The second-order valence-corrected chi connectivity index (χ2v) is 7.34. The van der Waals surface area contributed by atoms with Gasteiger partial charge in [-0.2, -0.15) is 0 Å². The Morgan fingerprint density at radius 2 is 1.84 bits per heavy atom. The third-order valence-electron chi connectivity index (χ3n) is 5.60. The molecule has 1 atom stereocenters. The van der Waals surface area contributed by atoms with Crippen molar-refractivity contribution in [1.82, 2.24) is 20.1 Å². The molecule has 1 fully saturated rings. The molecule has 0 radical (unpaired) electrons. The van der Waals surface area contributed by atoms with E-state index in [1.165, 1.54) is 32.1 Å². The third-order valence-corrected chi connectivity index (χ3v) is 5.60. The van der Waals surface area contributed by atoms with E-state index in [2.05, 4.69) is 20.1 Å². The number of carbonyl (C=O) groups excluding carboxylic acids is 1. The number of rotatable bonds is 4. The van der Waals surface area contributed by atoms with Crippen LogP contribution in [0, 0.1) is 5.92 Å². The van der Waals surface area contributed by atoms with Gasteiger partial charge in [-0.1, -0.05) is 49.6 Å². The SMILES string of the molecule is O=C(NCC1CCCCC1)C1CCCn2c(-c3ccccc3)nnc21. The van der Waals surface area contributed by atoms with Crippen LogP contribution in [-0.4, -0.2) is 27.2 Å². The summed E-state index contributed by atoms with van der Waals surface area (Å²) in [6.07, 6.45) is 8.31. The first-order valence-corrected chi connectivity index (χ1v) is 9.59. The van der Waals surface area contributed by atoms with Crippen molar-refractivity contribution in [3.05, 3.63) is 36.2 Å². The molecule has 25 heavy (non-hydrogen) atoms. The molecule has 132 valence electrons. The number of hydrogen-bond acceptors (Lipinski definition) is 3. The van der Waals surface area contributed by atoms with E-state index in [1.54, 1.807) is 0 Å². The summed E-state index contributed by atoms with van der Waals surface area (Å²) in [5, 5.41) is 12.0. The molecule has 0 saturated heterocycles. The van der Waals surface area contributed by atoms with E-state index in [0.717, 1.165) is 43.1 Å². The van der Waals surface area contributed by atoms with Crippen molar-refractivity contribution in [2.24, 2.45) is 5.92 Å². The van der Waals surface area contributed by atoms with E-state index in [-0.39, 0.29) is 11.8 Å². The fourth-order valence-electron chi connectivity index (χ4n) is 4.18. The highest BCUT2D eigenvalue weighted by atomic mass is 16.1. The lowest BCUT2D eigenvalue weighted by molar-refractivity contribution is -0.123. The van der Waals surface area contributed by atoms with Crippen molar-refractivity contribution in [2.75, 3.05) is 6.54 Å². The van der Waals surface area contributed by atoms with Crippen LogP contribution in [0.2, 0.25) is 0 Å². The summed E-state index contributed by atoms with van der Waals surface area (Å²) >= 11 is 0. The Morgan fingerprint density at radius 1 is 1.04 bits per heavy atom. The first kappa shape index (κ1) is 16.3. The van der Waals surface area contributed by atoms with Crippen LogP contribution in [0.25, 0.3) is 11.4 Å². The molecule has 0 spiro atoms. The molecule has 1 saturated carbocycles. The normalized spacial score (nSPS) is 20.9. The van der Waals surface area contributed by atoms with Gasteiger partial charge in [0, 0.05) is 18.7 Å². The summed E-state index contributed by atoms with van der Waals surface area (Å²) in [6, 6.07) is 10.1. The maximum absolute atomic E-state index is 12.8. The van der Waals surface area contributed by atoms with E-state index in [1.807, 2.05) is 30.3 Å². The van der Waals surface area contributed by atoms with Crippen molar-refractivity contribution in [3.63, 3.8) is 0 Å². The summed E-state index contributed by atoms with van der Waals surface area (Å²) in [5.41, 5.74) is 1.06. The van der Waals surface area contributed by atoms with Gasteiger partial charge in [-0.3, -0.25) is 4.79 Å². The minimum absolute atomic E-state index is 0.124. The van der Waals surface area contributed by atoms with Gasteiger partial charge < -0.3 is 9.88 Å². The largest absolute Gasteiger partial charge is 0.355 e. The third kappa shape index (κ3) is 3.46. The monoisotopic (exact) mass is 338 g/mol. The molecule has 1 N–H and O–H groups in total. The van der Waals surface area contributed by atoms with Crippen LogP contribution < -0.4 is 5.32 Å². The Morgan fingerprint density at radius 3 is 2.64 bits per heavy atom. The van der Waals surface area contributed by atoms with Crippen LogP contribution in [-0.2, 0) is 11.3 Å². The number of hydrogen-bond donors (Lipinski definition) is 1. The molecular formula is C20H26N4O. The lowest BCUT2D eigenvalue weighted by Gasteiger charge is -2.25. The van der Waals surface area contributed by atoms with Gasteiger partial charge >= 0.3 is 0 Å². The predicted octanol–water partition coefficient (Wildman–Crippen LogP) is 3.52. The lowest BCUT2D eigenvalue weighted by Crippen LogP contribution is -2.36. The lowest BCUT2D eigenvalue weighted by atomic mass is 9.89. The van der Waals surface area contributed by atoms with Crippen molar-refractivity contribution >= 4 is 5.91 Å². The highest BCUT2D eigenvalue weighted by Gasteiger charge is 2.31. The number of carbonyl (C=O) groups is 1. The highest BCUT2D eigenvalue weighted by Crippen LogP contribution is 2.30. The topological polar surface area (TPSA) is 59.8 Å². The Hall–Kier alpha value is -2.17. The second kappa shape index (κ2) is 7.38. The van der Waals surface area contributed by atoms with Crippen LogP contribution in [0.3, 0.4) is 0 Å². The van der Waals surface area contributed by atoms with E-state index in [4.69, 9.17) is 0 Å². The Kier molecular flexibility index (Phi) is 4.81. The fraction of sp³-hybridized carbons (Fsp3) is 0.550. The quantitative estimate of drug-likeness (QED) is 0.928. The van der Waals surface area contributed by atoms with E-state index in [0.29, 0.717) is 5.92 Å². The van der Waals surface area contributed by atoms with Crippen molar-refractivity contribution in [1.29, 1.82) is 0 Å². The molecule has 2 aliphatic rings. The van der Waals surface area contributed by atoms with Crippen LogP contribution in [0.15, 0.2) is 30.3 Å². The van der Waals surface area contributed by atoms with Crippen LogP contribution in [0.5, 0.6) is 0 Å². The summed E-state index contributed by atoms with van der Waals surface area (Å²) in [6.45, 7) is 1.70. The zero-order valence-corrected chi connectivity index (χ0v) is 14.7. The van der Waals surface area contributed by atoms with Crippen molar-refractivity contribution < 1.29 is 4.79 Å². The van der Waals surface area contributed by atoms with Gasteiger partial charge in [0.15, 0.2) is 5.82 Å². The molecule has 1 aliphatic heterocycles. The summed E-state index contributed by atoms with van der Waals surface area (Å²) in [4.78, 5) is 12.8. The van der Waals surface area contributed by atoms with Crippen molar-refractivity contribution in [2.45, 2.75) is 57.4 Å². The highest BCUT2D eigenvalue weighted by molar-refractivity contribution is 5.83. The van der Waals surface area contributed by atoms with Gasteiger partial charge in [0.25, 0.3) is 0 Å². The van der Waals surface area contributed by atoms with Gasteiger partial charge in [0.2, 0.25) is 5.91 Å². The molecule has 1 aromatic heterocycles. The van der Waals surface area contributed by atoms with Gasteiger partial charge in [-0.25, -0.2) is 0 Å². The molecule has 5 nitrogen and oxygen atoms in total. The molecule has 2 aromatic rings. The molecule has 0 bridgehead atoms. The minimum atomic E-state index is -0.165. The van der Waals surface area contributed by atoms with Crippen LogP contribution in [0.1, 0.15) is 56.7 Å². The maximum Gasteiger partial charge on any atom is 0.230 e. The predicted molar refractivity (Wildman–Crippen MR) is 97.0 cm³/mol. The number of benzene rings is 1. The molecule has 1 amide bonds. The number of aromatic nitrogens is 3. The molecule has 1 unspecified atom stereocenters. The maximum atomic E-state index is 12.8. The Labute approximate surface area is 148 Å². The van der Waals surface area contributed by atoms with E-state index >= 15 is 0 Å². The van der Waals surface area contributed by atoms with E-state index in [9.17, 15) is 4.79 Å². The van der Waals surface area contributed by atoms with E-state index < -0.39 is 0 Å². The molecule has 2 heterocycles.